The summed E-state index contributed by atoms with van der Waals surface area (Å²) in [4.78, 5) is 4.54. The van der Waals surface area contributed by atoms with Gasteiger partial charge < -0.3 is 20.5 Å². The average Bonchev–Trinajstić information content (AvgIpc) is 2.92. The highest BCUT2D eigenvalue weighted by atomic mass is 16.5. The molecule has 0 saturated heterocycles. The van der Waals surface area contributed by atoms with Crippen molar-refractivity contribution in [1.82, 2.24) is 5.32 Å². The fourth-order valence-corrected chi connectivity index (χ4v) is 2.77. The molecule has 0 radical (unpaired) electrons. The van der Waals surface area contributed by atoms with Crippen LogP contribution in [0.25, 0.3) is 0 Å². The van der Waals surface area contributed by atoms with Gasteiger partial charge in [0.25, 0.3) is 0 Å². The summed E-state index contributed by atoms with van der Waals surface area (Å²) in [6.07, 6.45) is 7.15. The van der Waals surface area contributed by atoms with Gasteiger partial charge in [0.1, 0.15) is 0 Å². The first-order valence-electron chi connectivity index (χ1n) is 7.83. The van der Waals surface area contributed by atoms with Crippen LogP contribution in [0.4, 0.5) is 0 Å². The van der Waals surface area contributed by atoms with Gasteiger partial charge in [0.2, 0.25) is 0 Å². The molecular weight excluding hydrogens is 254 g/mol. The Bertz CT molecular complexity index is 276. The van der Waals surface area contributed by atoms with Crippen LogP contribution in [0.5, 0.6) is 0 Å². The number of rotatable bonds is 10. The molecule has 1 saturated carbocycles. The number of nitrogens with zero attached hydrogens (tertiary/aromatic N) is 1. The molecular formula is C15H31N3O2. The second-order valence-electron chi connectivity index (χ2n) is 5.63. The van der Waals surface area contributed by atoms with E-state index in [9.17, 15) is 0 Å². The van der Waals surface area contributed by atoms with Crippen molar-refractivity contribution in [2.45, 2.75) is 45.4 Å². The lowest BCUT2D eigenvalue weighted by molar-refractivity contribution is 0.141. The van der Waals surface area contributed by atoms with Crippen molar-refractivity contribution < 1.29 is 9.47 Å². The first-order chi connectivity index (χ1) is 9.72. The third-order valence-electron chi connectivity index (χ3n) is 4.06. The molecule has 1 fully saturated rings. The van der Waals surface area contributed by atoms with Crippen LogP contribution >= 0.6 is 0 Å². The Balaban J connectivity index is 2.27. The summed E-state index contributed by atoms with van der Waals surface area (Å²) in [6, 6.07) is 0. The fourth-order valence-electron chi connectivity index (χ4n) is 2.77. The van der Waals surface area contributed by atoms with Crippen molar-refractivity contribution in [3.63, 3.8) is 0 Å². The first-order valence-corrected chi connectivity index (χ1v) is 7.83. The van der Waals surface area contributed by atoms with Crippen molar-refractivity contribution in [1.29, 1.82) is 0 Å². The molecule has 3 N–H and O–H groups in total. The number of nitrogens with two attached hydrogens (primary N) is 1. The van der Waals surface area contributed by atoms with Crippen molar-refractivity contribution in [2.75, 3.05) is 40.0 Å². The second-order valence-corrected chi connectivity index (χ2v) is 5.63. The van der Waals surface area contributed by atoms with Gasteiger partial charge in [0.15, 0.2) is 5.96 Å². The van der Waals surface area contributed by atoms with Crippen LogP contribution in [0, 0.1) is 5.41 Å². The van der Waals surface area contributed by atoms with Crippen LogP contribution in [0.2, 0.25) is 0 Å². The van der Waals surface area contributed by atoms with Crippen LogP contribution in [0.15, 0.2) is 4.99 Å². The molecule has 1 aliphatic rings. The lowest BCUT2D eigenvalue weighted by atomic mass is 9.83. The molecule has 0 aliphatic heterocycles. The Hall–Kier alpha value is -0.810. The number of methoxy groups -OCH3 is 1. The van der Waals surface area contributed by atoms with Gasteiger partial charge in [-0.15, -0.1) is 0 Å². The Morgan fingerprint density at radius 1 is 1.30 bits per heavy atom. The van der Waals surface area contributed by atoms with Crippen LogP contribution in [0.3, 0.4) is 0 Å². The molecule has 0 bridgehead atoms. The van der Waals surface area contributed by atoms with E-state index < -0.39 is 0 Å². The van der Waals surface area contributed by atoms with Crippen LogP contribution in [-0.4, -0.2) is 46.0 Å². The minimum atomic E-state index is 0.313. The van der Waals surface area contributed by atoms with Gasteiger partial charge in [-0.05, 0) is 38.0 Å². The Morgan fingerprint density at radius 3 is 2.70 bits per heavy atom. The lowest BCUT2D eigenvalue weighted by Crippen LogP contribution is -2.34. The molecule has 0 amide bonds. The predicted molar refractivity (Wildman–Crippen MR) is 83.0 cm³/mol. The molecule has 0 aromatic rings. The molecule has 118 valence electrons. The maximum atomic E-state index is 5.92. The van der Waals surface area contributed by atoms with E-state index in [0.29, 0.717) is 11.4 Å². The minimum absolute atomic E-state index is 0.313. The first kappa shape index (κ1) is 17.2. The number of aliphatic imine (C=N–C) groups is 1. The second kappa shape index (κ2) is 10.00. The zero-order chi connectivity index (χ0) is 14.7. The number of hydrogen-bond acceptors (Lipinski definition) is 3. The van der Waals surface area contributed by atoms with Gasteiger partial charge in [0.05, 0.1) is 0 Å². The van der Waals surface area contributed by atoms with Crippen molar-refractivity contribution in [3.05, 3.63) is 0 Å². The predicted octanol–water partition coefficient (Wildman–Crippen LogP) is 1.91. The van der Waals surface area contributed by atoms with Crippen molar-refractivity contribution in [3.8, 4) is 0 Å². The van der Waals surface area contributed by atoms with Crippen molar-refractivity contribution >= 4 is 5.96 Å². The topological polar surface area (TPSA) is 68.9 Å². The highest BCUT2D eigenvalue weighted by Gasteiger charge is 2.33. The van der Waals surface area contributed by atoms with Gasteiger partial charge >= 0.3 is 0 Å². The third-order valence-corrected chi connectivity index (χ3v) is 4.06. The van der Waals surface area contributed by atoms with E-state index in [0.717, 1.165) is 45.8 Å². The summed E-state index contributed by atoms with van der Waals surface area (Å²) in [5.74, 6) is 0.560. The van der Waals surface area contributed by atoms with E-state index in [1.807, 2.05) is 6.92 Å². The van der Waals surface area contributed by atoms with Gasteiger partial charge in [-0.2, -0.15) is 0 Å². The summed E-state index contributed by atoms with van der Waals surface area (Å²) in [5.41, 5.74) is 6.23. The van der Waals surface area contributed by atoms with E-state index in [2.05, 4.69) is 10.3 Å². The summed E-state index contributed by atoms with van der Waals surface area (Å²) in [7, 11) is 1.76. The zero-order valence-electron chi connectivity index (χ0n) is 13.1. The number of nitrogens with one attached hydrogen (secondary N) is 1. The van der Waals surface area contributed by atoms with Gasteiger partial charge in [-0.1, -0.05) is 12.8 Å². The molecule has 5 heteroatoms. The van der Waals surface area contributed by atoms with E-state index in [1.165, 1.54) is 25.7 Å². The molecule has 0 aromatic carbocycles. The summed E-state index contributed by atoms with van der Waals surface area (Å²) in [6.45, 7) is 6.00. The van der Waals surface area contributed by atoms with E-state index in [1.54, 1.807) is 7.11 Å². The zero-order valence-corrected chi connectivity index (χ0v) is 13.1. The molecule has 1 rings (SSSR count). The summed E-state index contributed by atoms with van der Waals surface area (Å²) < 4.78 is 10.5. The normalized spacial score (nSPS) is 18.4. The largest absolute Gasteiger partial charge is 0.385 e. The lowest BCUT2D eigenvalue weighted by Gasteiger charge is -2.26. The maximum Gasteiger partial charge on any atom is 0.188 e. The molecule has 0 unspecified atom stereocenters. The van der Waals surface area contributed by atoms with Crippen molar-refractivity contribution in [2.24, 2.45) is 16.1 Å². The highest BCUT2D eigenvalue weighted by Crippen LogP contribution is 2.41. The fraction of sp³-hybridized carbons (Fsp3) is 0.933. The molecule has 0 atom stereocenters. The van der Waals surface area contributed by atoms with Gasteiger partial charge in [-0.3, -0.25) is 4.99 Å². The van der Waals surface area contributed by atoms with Gasteiger partial charge in [0, 0.05) is 40.0 Å². The summed E-state index contributed by atoms with van der Waals surface area (Å²) in [5, 5.41) is 3.16. The molecule has 20 heavy (non-hydrogen) atoms. The van der Waals surface area contributed by atoms with E-state index in [4.69, 9.17) is 15.2 Å². The quantitative estimate of drug-likeness (QED) is 0.365. The minimum Gasteiger partial charge on any atom is -0.385 e. The number of ether oxygens (including phenoxy) is 2. The number of hydrogen-bond donors (Lipinski definition) is 2. The average molecular weight is 285 g/mol. The van der Waals surface area contributed by atoms with Crippen LogP contribution < -0.4 is 11.1 Å². The van der Waals surface area contributed by atoms with E-state index >= 15 is 0 Å². The number of guanidine groups is 1. The Kier molecular flexibility index (Phi) is 8.62. The monoisotopic (exact) mass is 285 g/mol. The summed E-state index contributed by atoms with van der Waals surface area (Å²) >= 11 is 0. The molecule has 1 aliphatic carbocycles. The van der Waals surface area contributed by atoms with Crippen LogP contribution in [0.1, 0.15) is 45.4 Å². The Morgan fingerprint density at radius 2 is 2.05 bits per heavy atom. The molecule has 5 nitrogen and oxygen atoms in total. The standard InChI is InChI=1S/C15H31N3O2/c1-3-20-11-6-10-17-14(16)18-13-15(9-12-19-2)7-4-5-8-15/h3-13H2,1-2H3,(H3,16,17,18). The highest BCUT2D eigenvalue weighted by molar-refractivity contribution is 5.77. The molecule has 0 spiro atoms. The Labute approximate surface area is 123 Å². The van der Waals surface area contributed by atoms with Gasteiger partial charge in [-0.25, -0.2) is 0 Å². The smallest absolute Gasteiger partial charge is 0.188 e. The SMILES string of the molecule is CCOCCCNC(N)=NCC1(CCOC)CCCC1. The third kappa shape index (κ3) is 6.57. The molecule has 0 heterocycles. The maximum absolute atomic E-state index is 5.92. The molecule has 0 aromatic heterocycles. The van der Waals surface area contributed by atoms with Crippen LogP contribution in [-0.2, 0) is 9.47 Å². The van der Waals surface area contributed by atoms with E-state index in [-0.39, 0.29) is 0 Å².